The van der Waals surface area contributed by atoms with Crippen molar-refractivity contribution in [2.75, 3.05) is 0 Å². The van der Waals surface area contributed by atoms with Gasteiger partial charge in [0.2, 0.25) is 0 Å². The third-order valence-corrected chi connectivity index (χ3v) is 3.03. The van der Waals surface area contributed by atoms with Crippen LogP contribution in [-0.2, 0) is 6.42 Å². The molecule has 2 N–H and O–H groups in total. The highest BCUT2D eigenvalue weighted by atomic mass is 14.6. The predicted molar refractivity (Wildman–Crippen MR) is 73.2 cm³/mol. The Labute approximate surface area is 103 Å². The topological polar surface area (TPSA) is 38.9 Å². The highest BCUT2D eigenvalue weighted by molar-refractivity contribution is 5.85. The summed E-state index contributed by atoms with van der Waals surface area (Å²) in [7, 11) is 0. The molecule has 0 saturated heterocycles. The second kappa shape index (κ2) is 4.84. The van der Waals surface area contributed by atoms with E-state index in [0.717, 1.165) is 6.42 Å². The van der Waals surface area contributed by atoms with Gasteiger partial charge >= 0.3 is 0 Å². The Morgan fingerprint density at radius 2 is 1.94 bits per heavy atom. The van der Waals surface area contributed by atoms with E-state index in [-0.39, 0.29) is 6.04 Å². The van der Waals surface area contributed by atoms with Gasteiger partial charge in [0.25, 0.3) is 0 Å². The van der Waals surface area contributed by atoms with Crippen LogP contribution in [0.2, 0.25) is 0 Å². The summed E-state index contributed by atoms with van der Waals surface area (Å²) in [6, 6.07) is 6.79. The minimum Gasteiger partial charge on any atom is -0.328 e. The molecule has 1 aromatic carbocycles. The Morgan fingerprint density at radius 3 is 2.59 bits per heavy atom. The maximum absolute atomic E-state index is 5.83. The fourth-order valence-electron chi connectivity index (χ4n) is 2.21. The van der Waals surface area contributed by atoms with Gasteiger partial charge in [0.15, 0.2) is 0 Å². The number of hydrogen-bond donors (Lipinski definition) is 1. The molecule has 2 nitrogen and oxygen atoms in total. The van der Waals surface area contributed by atoms with E-state index < -0.39 is 0 Å². The Balaban J connectivity index is 2.49. The molecular weight excluding hydrogens is 208 g/mol. The Morgan fingerprint density at radius 1 is 1.18 bits per heavy atom. The van der Waals surface area contributed by atoms with Crippen molar-refractivity contribution in [1.29, 1.82) is 0 Å². The van der Waals surface area contributed by atoms with Crippen LogP contribution >= 0.6 is 0 Å². The first kappa shape index (κ1) is 12.1. The molecule has 1 heterocycles. The van der Waals surface area contributed by atoms with Gasteiger partial charge in [-0.1, -0.05) is 26.0 Å². The Hall–Kier alpha value is -1.41. The van der Waals surface area contributed by atoms with Gasteiger partial charge in [-0.2, -0.15) is 0 Å². The Bertz CT molecular complexity index is 515. The van der Waals surface area contributed by atoms with Gasteiger partial charge in [0, 0.05) is 23.8 Å². The van der Waals surface area contributed by atoms with Crippen LogP contribution in [0, 0.1) is 0 Å². The van der Waals surface area contributed by atoms with E-state index in [0.29, 0.717) is 5.92 Å². The van der Waals surface area contributed by atoms with Crippen molar-refractivity contribution in [3.63, 3.8) is 0 Å². The fraction of sp³-hybridized carbons (Fsp3) is 0.400. The molecule has 0 fully saturated rings. The van der Waals surface area contributed by atoms with Gasteiger partial charge in [-0.3, -0.25) is 4.98 Å². The molecular formula is C15H20N2. The average Bonchev–Trinajstić information content (AvgIpc) is 2.26. The first-order valence-corrected chi connectivity index (χ1v) is 6.20. The van der Waals surface area contributed by atoms with Crippen molar-refractivity contribution in [2.45, 2.75) is 39.2 Å². The third-order valence-electron chi connectivity index (χ3n) is 3.03. The highest BCUT2D eigenvalue weighted by Gasteiger charge is 2.06. The predicted octanol–water partition coefficient (Wildman–Crippen LogP) is 3.25. The molecule has 2 heteroatoms. The zero-order chi connectivity index (χ0) is 12.4. The molecule has 0 bridgehead atoms. The van der Waals surface area contributed by atoms with E-state index in [1.165, 1.54) is 21.9 Å². The van der Waals surface area contributed by atoms with E-state index in [4.69, 9.17) is 5.73 Å². The molecule has 0 aliphatic rings. The van der Waals surface area contributed by atoms with Crippen LogP contribution in [0.4, 0.5) is 0 Å². The van der Waals surface area contributed by atoms with Crippen LogP contribution < -0.4 is 5.73 Å². The lowest BCUT2D eigenvalue weighted by Gasteiger charge is -2.11. The summed E-state index contributed by atoms with van der Waals surface area (Å²) in [6.07, 6.45) is 4.83. The maximum atomic E-state index is 5.83. The van der Waals surface area contributed by atoms with Crippen LogP contribution in [0.25, 0.3) is 10.8 Å². The van der Waals surface area contributed by atoms with Crippen LogP contribution in [0.1, 0.15) is 37.8 Å². The van der Waals surface area contributed by atoms with Crippen molar-refractivity contribution in [3.05, 3.63) is 41.7 Å². The lowest BCUT2D eigenvalue weighted by Crippen LogP contribution is -2.17. The van der Waals surface area contributed by atoms with E-state index >= 15 is 0 Å². The van der Waals surface area contributed by atoms with Crippen molar-refractivity contribution in [1.82, 2.24) is 4.98 Å². The third kappa shape index (κ3) is 2.64. The lowest BCUT2D eigenvalue weighted by molar-refractivity contribution is 0.739. The first-order valence-electron chi connectivity index (χ1n) is 6.20. The molecule has 90 valence electrons. The van der Waals surface area contributed by atoms with E-state index in [1.54, 1.807) is 0 Å². The molecule has 0 aliphatic heterocycles. The summed E-state index contributed by atoms with van der Waals surface area (Å²) < 4.78 is 0. The quantitative estimate of drug-likeness (QED) is 0.875. The molecule has 1 unspecified atom stereocenters. The minimum absolute atomic E-state index is 0.202. The number of nitrogens with zero attached hydrogens (tertiary/aromatic N) is 1. The molecule has 2 aromatic rings. The maximum Gasteiger partial charge on any atom is 0.0346 e. The van der Waals surface area contributed by atoms with Crippen LogP contribution in [0.15, 0.2) is 30.6 Å². The van der Waals surface area contributed by atoms with Gasteiger partial charge in [-0.15, -0.1) is 0 Å². The van der Waals surface area contributed by atoms with E-state index in [9.17, 15) is 0 Å². The number of rotatable bonds is 3. The average molecular weight is 228 g/mol. The van der Waals surface area contributed by atoms with Gasteiger partial charge in [0.05, 0.1) is 0 Å². The summed E-state index contributed by atoms with van der Waals surface area (Å²) in [5.74, 6) is 0.505. The number of pyridine rings is 1. The van der Waals surface area contributed by atoms with Crippen LogP contribution in [0.5, 0.6) is 0 Å². The van der Waals surface area contributed by atoms with Crippen LogP contribution in [0.3, 0.4) is 0 Å². The first-order chi connectivity index (χ1) is 8.08. The molecule has 1 aromatic heterocycles. The van der Waals surface area contributed by atoms with E-state index in [1.807, 2.05) is 19.3 Å². The van der Waals surface area contributed by atoms with Gasteiger partial charge in [0.1, 0.15) is 0 Å². The SMILES string of the molecule is CC(N)Cc1ccc2c(C(C)C)cncc2c1. The smallest absolute Gasteiger partial charge is 0.0346 e. The summed E-state index contributed by atoms with van der Waals surface area (Å²) in [4.78, 5) is 4.32. The Kier molecular flexibility index (Phi) is 3.43. The molecule has 0 amide bonds. The normalized spacial score (nSPS) is 13.2. The summed E-state index contributed by atoms with van der Waals surface area (Å²) >= 11 is 0. The summed E-state index contributed by atoms with van der Waals surface area (Å²) in [6.45, 7) is 6.44. The van der Waals surface area contributed by atoms with Gasteiger partial charge in [-0.25, -0.2) is 0 Å². The van der Waals surface area contributed by atoms with Crippen LogP contribution in [-0.4, -0.2) is 11.0 Å². The molecule has 2 rings (SSSR count). The second-order valence-electron chi connectivity index (χ2n) is 5.12. The number of fused-ring (bicyclic) bond motifs is 1. The minimum atomic E-state index is 0.202. The molecule has 0 saturated carbocycles. The number of nitrogens with two attached hydrogens (primary N) is 1. The van der Waals surface area contributed by atoms with Gasteiger partial charge < -0.3 is 5.73 Å². The number of benzene rings is 1. The van der Waals surface area contributed by atoms with E-state index in [2.05, 4.69) is 37.0 Å². The molecule has 0 spiro atoms. The monoisotopic (exact) mass is 228 g/mol. The molecule has 0 radical (unpaired) electrons. The standard InChI is InChI=1S/C15H20N2/c1-10(2)15-9-17-8-13-7-12(6-11(3)16)4-5-14(13)15/h4-5,7-11H,6,16H2,1-3H3. The molecule has 0 aliphatic carbocycles. The number of aromatic nitrogens is 1. The fourth-order valence-corrected chi connectivity index (χ4v) is 2.21. The molecule has 1 atom stereocenters. The largest absolute Gasteiger partial charge is 0.328 e. The zero-order valence-corrected chi connectivity index (χ0v) is 10.8. The van der Waals surface area contributed by atoms with Crippen molar-refractivity contribution < 1.29 is 0 Å². The lowest BCUT2D eigenvalue weighted by atomic mass is 9.96. The zero-order valence-electron chi connectivity index (χ0n) is 10.8. The van der Waals surface area contributed by atoms with Crippen molar-refractivity contribution >= 4 is 10.8 Å². The van der Waals surface area contributed by atoms with Crippen molar-refractivity contribution in [2.24, 2.45) is 5.73 Å². The highest BCUT2D eigenvalue weighted by Crippen LogP contribution is 2.25. The van der Waals surface area contributed by atoms with Crippen molar-refractivity contribution in [3.8, 4) is 0 Å². The molecule has 17 heavy (non-hydrogen) atoms. The number of hydrogen-bond acceptors (Lipinski definition) is 2. The summed E-state index contributed by atoms with van der Waals surface area (Å²) in [5, 5.41) is 2.53. The van der Waals surface area contributed by atoms with Gasteiger partial charge in [-0.05, 0) is 41.8 Å². The summed E-state index contributed by atoms with van der Waals surface area (Å²) in [5.41, 5.74) is 8.43. The second-order valence-corrected chi connectivity index (χ2v) is 5.12.